The first-order valence-corrected chi connectivity index (χ1v) is 18.5. The van der Waals surface area contributed by atoms with E-state index in [0.29, 0.717) is 29.4 Å². The van der Waals surface area contributed by atoms with Gasteiger partial charge in [-0.05, 0) is 80.8 Å². The Morgan fingerprint density at radius 3 is 1.91 bits per heavy atom. The minimum absolute atomic E-state index is 0.0834. The molecule has 0 saturated carbocycles. The van der Waals surface area contributed by atoms with Crippen LogP contribution in [0, 0.1) is 24.1 Å². The van der Waals surface area contributed by atoms with Crippen LogP contribution in [0.3, 0.4) is 0 Å². The zero-order valence-electron chi connectivity index (χ0n) is 31.4. The van der Waals surface area contributed by atoms with Crippen molar-refractivity contribution in [3.63, 3.8) is 0 Å². The maximum absolute atomic E-state index is 17.3. The highest BCUT2D eigenvalue weighted by molar-refractivity contribution is 5.63. The number of nitrogens with zero attached hydrogens (tertiary/aromatic N) is 3. The van der Waals surface area contributed by atoms with E-state index in [1.54, 1.807) is 24.3 Å². The summed E-state index contributed by atoms with van der Waals surface area (Å²) in [5, 5.41) is 13.3. The Balaban J connectivity index is 1.62. The summed E-state index contributed by atoms with van der Waals surface area (Å²) in [5.74, 6) is 0.568. The molecule has 1 aromatic heterocycles. The van der Waals surface area contributed by atoms with Crippen molar-refractivity contribution in [3.8, 4) is 28.8 Å². The Morgan fingerprint density at radius 1 is 0.782 bits per heavy atom. The van der Waals surface area contributed by atoms with Gasteiger partial charge in [0.15, 0.2) is 11.6 Å². The molecule has 1 atom stereocenters. The number of halogens is 1. The van der Waals surface area contributed by atoms with E-state index in [4.69, 9.17) is 14.5 Å². The molecule has 6 nitrogen and oxygen atoms in total. The molecule has 0 aliphatic rings. The second-order valence-corrected chi connectivity index (χ2v) is 13.7. The fourth-order valence-corrected chi connectivity index (χ4v) is 7.25. The number of aryl methyl sites for hydroxylation is 1. The lowest BCUT2D eigenvalue weighted by Gasteiger charge is -2.39. The van der Waals surface area contributed by atoms with Gasteiger partial charge in [0.05, 0.1) is 30.0 Å². The third kappa shape index (κ3) is 7.45. The van der Waals surface area contributed by atoms with Crippen molar-refractivity contribution in [1.29, 1.82) is 5.26 Å². The molecule has 0 spiro atoms. The van der Waals surface area contributed by atoms with Crippen molar-refractivity contribution in [2.45, 2.75) is 45.4 Å². The van der Waals surface area contributed by atoms with Crippen molar-refractivity contribution in [3.05, 3.63) is 203 Å². The van der Waals surface area contributed by atoms with E-state index in [2.05, 4.69) is 77.6 Å². The molecule has 1 unspecified atom stereocenters. The number of imidazole rings is 1. The maximum atomic E-state index is 17.3. The molecule has 7 aromatic rings. The lowest BCUT2D eigenvalue weighted by molar-refractivity contribution is 0.228. The molecule has 0 saturated heterocycles. The number of benzene rings is 6. The molecule has 0 aliphatic heterocycles. The molecule has 55 heavy (non-hydrogen) atoms. The number of ether oxygens (including phenoxy) is 2. The molecule has 0 radical (unpaired) electrons. The lowest BCUT2D eigenvalue weighted by Crippen LogP contribution is -2.39. The SMILES string of the molecule is CCOc1cc(OC(C)C)c(F)c(C(Nc2ccc(C#N)cc2)c2nc(-c3cccc(C)c3)cn2C(c2ccccc2)(c2ccccc2)c2ccccc2)c1. The summed E-state index contributed by atoms with van der Waals surface area (Å²) >= 11 is 0. The van der Waals surface area contributed by atoms with Crippen LogP contribution < -0.4 is 14.8 Å². The molecule has 274 valence electrons. The molecule has 7 heteroatoms. The van der Waals surface area contributed by atoms with E-state index in [9.17, 15) is 5.26 Å². The Hall–Kier alpha value is -6.65. The van der Waals surface area contributed by atoms with Gasteiger partial charge in [-0.3, -0.25) is 0 Å². The first kappa shape index (κ1) is 36.7. The third-order valence-corrected chi connectivity index (χ3v) is 9.59. The zero-order valence-corrected chi connectivity index (χ0v) is 31.4. The van der Waals surface area contributed by atoms with E-state index >= 15 is 4.39 Å². The van der Waals surface area contributed by atoms with Crippen molar-refractivity contribution in [1.82, 2.24) is 9.55 Å². The number of aromatic nitrogens is 2. The number of anilines is 1. The molecule has 0 bridgehead atoms. The standard InChI is InChI=1S/C48H43FN4O2/c1-5-54-41-29-42(45(49)44(30-41)55-33(2)3)46(51-40-26-24-35(31-50)25-27-40)47-52-43(36-17-15-16-34(4)28-36)32-53(47)48(37-18-9-6-10-19-37,38-20-11-7-12-21-38)39-22-13-8-14-23-39/h6-30,32-33,46,51H,5H2,1-4H3. The minimum Gasteiger partial charge on any atom is -0.494 e. The second-order valence-electron chi connectivity index (χ2n) is 13.7. The van der Waals surface area contributed by atoms with Gasteiger partial charge >= 0.3 is 0 Å². The second kappa shape index (κ2) is 16.2. The van der Waals surface area contributed by atoms with Crippen molar-refractivity contribution in [2.75, 3.05) is 11.9 Å². The van der Waals surface area contributed by atoms with Gasteiger partial charge in [0.2, 0.25) is 0 Å². The average Bonchev–Trinajstić information content (AvgIpc) is 3.65. The summed E-state index contributed by atoms with van der Waals surface area (Å²) in [6.45, 7) is 8.07. The van der Waals surface area contributed by atoms with Crippen molar-refractivity contribution >= 4 is 5.69 Å². The van der Waals surface area contributed by atoms with Crippen molar-refractivity contribution < 1.29 is 13.9 Å². The van der Waals surface area contributed by atoms with Gasteiger partial charge in [0, 0.05) is 29.1 Å². The van der Waals surface area contributed by atoms with Gasteiger partial charge in [0.1, 0.15) is 23.2 Å². The predicted octanol–water partition coefficient (Wildman–Crippen LogP) is 11.1. The van der Waals surface area contributed by atoms with Crippen LogP contribution >= 0.6 is 0 Å². The molecule has 0 amide bonds. The maximum Gasteiger partial charge on any atom is 0.171 e. The van der Waals surface area contributed by atoms with E-state index in [1.165, 1.54) is 0 Å². The van der Waals surface area contributed by atoms with Crippen molar-refractivity contribution in [2.24, 2.45) is 0 Å². The normalized spacial score (nSPS) is 11.9. The average molecular weight is 727 g/mol. The van der Waals surface area contributed by atoms with Crippen LogP contribution in [-0.2, 0) is 5.54 Å². The smallest absolute Gasteiger partial charge is 0.171 e. The molecule has 1 heterocycles. The van der Waals surface area contributed by atoms with Crippen LogP contribution in [0.1, 0.15) is 66.0 Å². The highest BCUT2D eigenvalue weighted by atomic mass is 19.1. The Morgan fingerprint density at radius 2 is 1.38 bits per heavy atom. The van der Waals surface area contributed by atoms with Gasteiger partial charge in [-0.1, -0.05) is 115 Å². The Kier molecular flexibility index (Phi) is 10.8. The Labute approximate surface area is 322 Å². The fraction of sp³-hybridized carbons (Fsp3) is 0.167. The monoisotopic (exact) mass is 726 g/mol. The molecule has 6 aromatic carbocycles. The predicted molar refractivity (Wildman–Crippen MR) is 217 cm³/mol. The number of rotatable bonds is 13. The van der Waals surface area contributed by atoms with Gasteiger partial charge in [-0.2, -0.15) is 5.26 Å². The summed E-state index contributed by atoms with van der Waals surface area (Å²) < 4.78 is 31.6. The van der Waals surface area contributed by atoms with E-state index in [0.717, 1.165) is 33.5 Å². The molecular formula is C48H43FN4O2. The fourth-order valence-electron chi connectivity index (χ4n) is 7.25. The Bertz CT molecular complexity index is 2310. The summed E-state index contributed by atoms with van der Waals surface area (Å²) in [5.41, 5.74) is 6.20. The van der Waals surface area contributed by atoms with Gasteiger partial charge in [-0.15, -0.1) is 0 Å². The van der Waals surface area contributed by atoms with Gasteiger partial charge in [-0.25, -0.2) is 9.37 Å². The largest absolute Gasteiger partial charge is 0.494 e. The van der Waals surface area contributed by atoms with Crippen LogP contribution in [0.4, 0.5) is 10.1 Å². The first-order chi connectivity index (χ1) is 26.8. The highest BCUT2D eigenvalue weighted by Crippen LogP contribution is 2.46. The number of nitrogens with one attached hydrogen (secondary N) is 1. The van der Waals surface area contributed by atoms with E-state index < -0.39 is 17.4 Å². The summed E-state index contributed by atoms with van der Waals surface area (Å²) in [6, 6.07) is 51.1. The topological polar surface area (TPSA) is 72.1 Å². The zero-order chi connectivity index (χ0) is 38.4. The molecule has 1 N–H and O–H groups in total. The third-order valence-electron chi connectivity index (χ3n) is 9.59. The van der Waals surface area contributed by atoms with E-state index in [-0.39, 0.29) is 17.4 Å². The molecular weight excluding hydrogens is 684 g/mol. The van der Waals surface area contributed by atoms with Crippen LogP contribution in [0.2, 0.25) is 0 Å². The molecule has 7 rings (SSSR count). The van der Waals surface area contributed by atoms with E-state index in [1.807, 2.05) is 99.6 Å². The number of hydrogen-bond acceptors (Lipinski definition) is 5. The molecule has 0 fully saturated rings. The van der Waals surface area contributed by atoms with Crippen LogP contribution in [0.15, 0.2) is 158 Å². The van der Waals surface area contributed by atoms with Gasteiger partial charge in [0.25, 0.3) is 0 Å². The molecule has 0 aliphatic carbocycles. The van der Waals surface area contributed by atoms with Gasteiger partial charge < -0.3 is 19.4 Å². The summed E-state index contributed by atoms with van der Waals surface area (Å²) in [4.78, 5) is 5.48. The summed E-state index contributed by atoms with van der Waals surface area (Å²) in [7, 11) is 0. The van der Waals surface area contributed by atoms with Crippen LogP contribution in [0.25, 0.3) is 11.3 Å². The van der Waals surface area contributed by atoms with Crippen LogP contribution in [0.5, 0.6) is 11.5 Å². The van der Waals surface area contributed by atoms with Crippen LogP contribution in [-0.4, -0.2) is 22.3 Å². The first-order valence-electron chi connectivity index (χ1n) is 18.5. The number of hydrogen-bond donors (Lipinski definition) is 1. The summed E-state index contributed by atoms with van der Waals surface area (Å²) in [6.07, 6.45) is 1.79. The quantitative estimate of drug-likeness (QED) is 0.120. The lowest BCUT2D eigenvalue weighted by atomic mass is 9.76. The highest BCUT2D eigenvalue weighted by Gasteiger charge is 2.42. The minimum atomic E-state index is -0.982. The number of nitriles is 1.